The summed E-state index contributed by atoms with van der Waals surface area (Å²) in [4.78, 5) is 18.1. The van der Waals surface area contributed by atoms with Crippen LogP contribution in [-0.2, 0) is 22.9 Å². The van der Waals surface area contributed by atoms with Crippen LogP contribution in [0, 0.1) is 0 Å². The number of hydrogen-bond donors (Lipinski definition) is 1. The fourth-order valence-electron chi connectivity index (χ4n) is 4.19. The van der Waals surface area contributed by atoms with E-state index in [1.165, 1.54) is 13.2 Å². The number of carbonyl (C=O) groups excluding carboxylic acids is 1. The van der Waals surface area contributed by atoms with Crippen molar-refractivity contribution in [1.82, 2.24) is 10.3 Å². The first-order valence-electron chi connectivity index (χ1n) is 11.5. The van der Waals surface area contributed by atoms with Crippen molar-refractivity contribution in [3.05, 3.63) is 143 Å². The van der Waals surface area contributed by atoms with E-state index in [4.69, 9.17) is 4.74 Å². The number of halogens is 3. The second kappa shape index (κ2) is 10.7. The van der Waals surface area contributed by atoms with Crippen molar-refractivity contribution >= 4 is 11.7 Å². The molecular formula is C30H25F3N2O2. The Balaban J connectivity index is 1.87. The van der Waals surface area contributed by atoms with Gasteiger partial charge in [-0.2, -0.15) is 13.2 Å². The van der Waals surface area contributed by atoms with Gasteiger partial charge < -0.3 is 10.1 Å². The Kier molecular flexibility index (Phi) is 7.43. The summed E-state index contributed by atoms with van der Waals surface area (Å²) in [6.45, 7) is 3.81. The average Bonchev–Trinajstić information content (AvgIpc) is 2.93. The van der Waals surface area contributed by atoms with Crippen LogP contribution in [0.1, 0.15) is 38.3 Å². The van der Waals surface area contributed by atoms with Crippen molar-refractivity contribution in [1.29, 1.82) is 0 Å². The first-order chi connectivity index (χ1) is 17.7. The lowest BCUT2D eigenvalue weighted by molar-refractivity contribution is -0.137. The third-order valence-corrected chi connectivity index (χ3v) is 6.14. The number of alkyl halides is 3. The fraction of sp³-hybridized carbons (Fsp3) is 0.133. The summed E-state index contributed by atoms with van der Waals surface area (Å²) in [7, 11) is 1.50. The van der Waals surface area contributed by atoms with Crippen LogP contribution in [0.5, 0.6) is 0 Å². The maximum absolute atomic E-state index is 13.7. The van der Waals surface area contributed by atoms with Crippen LogP contribution in [0.15, 0.2) is 110 Å². The van der Waals surface area contributed by atoms with Crippen LogP contribution < -0.4 is 5.32 Å². The summed E-state index contributed by atoms with van der Waals surface area (Å²) in [5.74, 6) is -0.0172. The molecule has 1 unspecified atom stereocenters. The van der Waals surface area contributed by atoms with E-state index in [0.717, 1.165) is 17.7 Å². The number of nitrogens with zero attached hydrogens (tertiary/aromatic N) is 1. The summed E-state index contributed by atoms with van der Waals surface area (Å²) in [5, 5.41) is 3.05. The van der Waals surface area contributed by atoms with Crippen LogP contribution in [-0.4, -0.2) is 18.0 Å². The van der Waals surface area contributed by atoms with E-state index < -0.39 is 23.2 Å². The zero-order chi connectivity index (χ0) is 26.5. The van der Waals surface area contributed by atoms with Crippen molar-refractivity contribution in [2.24, 2.45) is 0 Å². The number of benzene rings is 3. The van der Waals surface area contributed by atoms with Crippen molar-refractivity contribution in [3.63, 3.8) is 0 Å². The molecule has 7 heteroatoms. The second-order valence-corrected chi connectivity index (χ2v) is 8.52. The van der Waals surface area contributed by atoms with Gasteiger partial charge in [0.2, 0.25) is 0 Å². The maximum atomic E-state index is 13.7. The molecule has 1 N–H and O–H groups in total. The number of methoxy groups -OCH3 is 1. The summed E-state index contributed by atoms with van der Waals surface area (Å²) in [6.07, 6.45) is -2.82. The van der Waals surface area contributed by atoms with Crippen LogP contribution in [0.4, 0.5) is 13.2 Å². The molecule has 0 aliphatic carbocycles. The monoisotopic (exact) mass is 502 g/mol. The zero-order valence-electron chi connectivity index (χ0n) is 20.1. The Hall–Kier alpha value is -4.39. The van der Waals surface area contributed by atoms with Crippen LogP contribution in [0.25, 0.3) is 5.76 Å². The van der Waals surface area contributed by atoms with Crippen molar-refractivity contribution in [2.45, 2.75) is 18.1 Å². The SMILES string of the molecule is C=C(OC)c1ccc(C(=O)NC(Cc2ccccc2)(c2cccc(C(F)(F)F)c2)c2ccccn2)cc1. The van der Waals surface area contributed by atoms with Gasteiger partial charge in [-0.1, -0.05) is 67.2 Å². The normalized spacial score (nSPS) is 12.9. The molecule has 1 aromatic heterocycles. The van der Waals surface area contributed by atoms with E-state index >= 15 is 0 Å². The summed E-state index contributed by atoms with van der Waals surface area (Å²) in [5.41, 5.74) is 0.326. The van der Waals surface area contributed by atoms with E-state index in [9.17, 15) is 18.0 Å². The number of rotatable bonds is 8. The van der Waals surface area contributed by atoms with Gasteiger partial charge in [-0.3, -0.25) is 9.78 Å². The van der Waals surface area contributed by atoms with Gasteiger partial charge in [-0.25, -0.2) is 0 Å². The van der Waals surface area contributed by atoms with E-state index in [0.29, 0.717) is 22.6 Å². The molecule has 1 atom stereocenters. The van der Waals surface area contributed by atoms with Crippen LogP contribution in [0.3, 0.4) is 0 Å². The molecule has 0 aliphatic heterocycles. The number of amides is 1. The topological polar surface area (TPSA) is 51.2 Å². The van der Waals surface area contributed by atoms with E-state index in [1.54, 1.807) is 54.7 Å². The van der Waals surface area contributed by atoms with Gasteiger partial charge in [0, 0.05) is 23.7 Å². The van der Waals surface area contributed by atoms with Gasteiger partial charge >= 0.3 is 6.18 Å². The lowest BCUT2D eigenvalue weighted by Gasteiger charge is -2.36. The minimum Gasteiger partial charge on any atom is -0.497 e. The largest absolute Gasteiger partial charge is 0.497 e. The molecule has 1 amide bonds. The molecule has 0 saturated heterocycles. The number of nitrogens with one attached hydrogen (secondary N) is 1. The molecule has 4 aromatic rings. The maximum Gasteiger partial charge on any atom is 0.416 e. The molecule has 0 radical (unpaired) electrons. The molecule has 0 saturated carbocycles. The summed E-state index contributed by atoms with van der Waals surface area (Å²) in [6, 6.07) is 26.1. The highest BCUT2D eigenvalue weighted by atomic mass is 19.4. The number of ether oxygens (including phenoxy) is 1. The molecule has 0 fully saturated rings. The first kappa shape index (κ1) is 25.7. The quantitative estimate of drug-likeness (QED) is 0.275. The predicted octanol–water partition coefficient (Wildman–Crippen LogP) is 6.63. The van der Waals surface area contributed by atoms with Gasteiger partial charge in [-0.05, 0) is 47.5 Å². The molecule has 4 nitrogen and oxygen atoms in total. The summed E-state index contributed by atoms with van der Waals surface area (Å²) >= 11 is 0. The number of hydrogen-bond acceptors (Lipinski definition) is 3. The summed E-state index contributed by atoms with van der Waals surface area (Å²) < 4.78 is 46.3. The highest BCUT2D eigenvalue weighted by molar-refractivity contribution is 5.95. The minimum absolute atomic E-state index is 0.177. The average molecular weight is 503 g/mol. The van der Waals surface area contributed by atoms with Crippen molar-refractivity contribution < 1.29 is 22.7 Å². The van der Waals surface area contributed by atoms with Crippen LogP contribution >= 0.6 is 0 Å². The Morgan fingerprint density at radius 1 is 0.865 bits per heavy atom. The Morgan fingerprint density at radius 3 is 2.14 bits per heavy atom. The molecule has 37 heavy (non-hydrogen) atoms. The van der Waals surface area contributed by atoms with Gasteiger partial charge in [0.25, 0.3) is 5.91 Å². The number of pyridine rings is 1. The second-order valence-electron chi connectivity index (χ2n) is 8.52. The fourth-order valence-corrected chi connectivity index (χ4v) is 4.19. The molecule has 3 aromatic carbocycles. The minimum atomic E-state index is -4.55. The zero-order valence-corrected chi connectivity index (χ0v) is 20.1. The highest BCUT2D eigenvalue weighted by Crippen LogP contribution is 2.37. The van der Waals surface area contributed by atoms with Gasteiger partial charge in [0.05, 0.1) is 18.4 Å². The van der Waals surface area contributed by atoms with Crippen molar-refractivity contribution in [2.75, 3.05) is 7.11 Å². The van der Waals surface area contributed by atoms with E-state index in [-0.39, 0.29) is 12.0 Å². The van der Waals surface area contributed by atoms with Crippen molar-refractivity contribution in [3.8, 4) is 0 Å². The molecule has 0 aliphatic rings. The third-order valence-electron chi connectivity index (χ3n) is 6.14. The predicted molar refractivity (Wildman–Crippen MR) is 137 cm³/mol. The van der Waals surface area contributed by atoms with Gasteiger partial charge in [0.15, 0.2) is 0 Å². The molecule has 188 valence electrons. The standard InChI is InChI=1S/C30H25F3N2O2/c1-21(37-2)23-14-16-24(17-15-23)28(36)35-29(27-13-6-7-18-34-27,20-22-9-4-3-5-10-22)25-11-8-12-26(19-25)30(31,32)33/h3-19H,1,20H2,2H3,(H,35,36). The molecule has 0 bridgehead atoms. The number of aromatic nitrogens is 1. The molecule has 0 spiro atoms. The number of carbonyl (C=O) groups is 1. The Labute approximate surface area is 213 Å². The van der Waals surface area contributed by atoms with Gasteiger partial charge in [0.1, 0.15) is 11.3 Å². The van der Waals surface area contributed by atoms with Gasteiger partial charge in [-0.15, -0.1) is 0 Å². The third kappa shape index (κ3) is 5.72. The van der Waals surface area contributed by atoms with E-state index in [1.807, 2.05) is 30.3 Å². The van der Waals surface area contributed by atoms with E-state index in [2.05, 4.69) is 16.9 Å². The lowest BCUT2D eigenvalue weighted by atomic mass is 9.79. The first-order valence-corrected chi connectivity index (χ1v) is 11.5. The highest BCUT2D eigenvalue weighted by Gasteiger charge is 2.40. The molecule has 4 rings (SSSR count). The van der Waals surface area contributed by atoms with Crippen LogP contribution in [0.2, 0.25) is 0 Å². The Morgan fingerprint density at radius 2 is 1.51 bits per heavy atom. The molecule has 1 heterocycles. The smallest absolute Gasteiger partial charge is 0.416 e. The molecular weight excluding hydrogens is 477 g/mol. The Bertz CT molecular complexity index is 1370. The lowest BCUT2D eigenvalue weighted by Crippen LogP contribution is -2.49.